The van der Waals surface area contributed by atoms with Crippen LogP contribution in [0.3, 0.4) is 0 Å². The fraction of sp³-hybridized carbons (Fsp3) is 0.556. The zero-order chi connectivity index (χ0) is 8.39. The van der Waals surface area contributed by atoms with Crippen LogP contribution in [0.25, 0.3) is 0 Å². The minimum absolute atomic E-state index is 0.281. The van der Waals surface area contributed by atoms with Gasteiger partial charge in [-0.3, -0.25) is 0 Å². The standard InChI is InChI=1S/C9H13NOS/c11-9(7-3-1-5-10-7)8-4-2-6-12-8/h2,4,6-7,9-11H,1,3,5H2/t7-,9?/m1/s1. The molecule has 1 aliphatic heterocycles. The van der Waals surface area contributed by atoms with Gasteiger partial charge in [-0.15, -0.1) is 11.3 Å². The number of aliphatic hydroxyl groups excluding tert-OH is 1. The molecule has 3 heteroatoms. The van der Waals surface area contributed by atoms with Gasteiger partial charge in [0.2, 0.25) is 0 Å². The molecule has 12 heavy (non-hydrogen) atoms. The predicted molar refractivity (Wildman–Crippen MR) is 50.3 cm³/mol. The Hall–Kier alpha value is -0.380. The van der Waals surface area contributed by atoms with Gasteiger partial charge < -0.3 is 10.4 Å². The van der Waals surface area contributed by atoms with Crippen LogP contribution >= 0.6 is 11.3 Å². The Kier molecular flexibility index (Phi) is 2.44. The SMILES string of the molecule is OC(c1cccs1)[C@H]1CCCN1. The lowest BCUT2D eigenvalue weighted by molar-refractivity contribution is 0.141. The third kappa shape index (κ3) is 1.53. The van der Waals surface area contributed by atoms with Crippen molar-refractivity contribution in [3.8, 4) is 0 Å². The third-order valence-electron chi connectivity index (χ3n) is 2.31. The molecule has 1 aromatic heterocycles. The van der Waals surface area contributed by atoms with Gasteiger partial charge in [-0.1, -0.05) is 6.07 Å². The molecule has 0 amide bonds. The van der Waals surface area contributed by atoms with Crippen LogP contribution in [0.5, 0.6) is 0 Å². The van der Waals surface area contributed by atoms with Crippen molar-refractivity contribution < 1.29 is 5.11 Å². The first-order valence-electron chi connectivity index (χ1n) is 4.33. The minimum Gasteiger partial charge on any atom is -0.386 e. The van der Waals surface area contributed by atoms with Crippen molar-refractivity contribution in [2.75, 3.05) is 6.54 Å². The Labute approximate surface area is 76.2 Å². The maximum atomic E-state index is 9.86. The van der Waals surface area contributed by atoms with E-state index in [2.05, 4.69) is 5.32 Å². The molecule has 1 saturated heterocycles. The van der Waals surface area contributed by atoms with E-state index in [1.807, 2.05) is 17.5 Å². The average molecular weight is 183 g/mol. The summed E-state index contributed by atoms with van der Waals surface area (Å²) in [4.78, 5) is 1.08. The Morgan fingerprint density at radius 2 is 2.58 bits per heavy atom. The number of hydrogen-bond acceptors (Lipinski definition) is 3. The van der Waals surface area contributed by atoms with Gasteiger partial charge in [0.15, 0.2) is 0 Å². The Morgan fingerprint density at radius 1 is 1.67 bits per heavy atom. The Bertz CT molecular complexity index is 229. The fourth-order valence-electron chi connectivity index (χ4n) is 1.64. The lowest BCUT2D eigenvalue weighted by Crippen LogP contribution is -2.28. The van der Waals surface area contributed by atoms with Crippen molar-refractivity contribution in [2.45, 2.75) is 25.0 Å². The van der Waals surface area contributed by atoms with Gasteiger partial charge in [-0.25, -0.2) is 0 Å². The smallest absolute Gasteiger partial charge is 0.103 e. The predicted octanol–water partition coefficient (Wildman–Crippen LogP) is 1.53. The molecule has 2 nitrogen and oxygen atoms in total. The quantitative estimate of drug-likeness (QED) is 0.729. The summed E-state index contributed by atoms with van der Waals surface area (Å²) in [6.45, 7) is 1.05. The second kappa shape index (κ2) is 3.56. The summed E-state index contributed by atoms with van der Waals surface area (Å²) >= 11 is 1.63. The molecule has 2 heterocycles. The van der Waals surface area contributed by atoms with Crippen LogP contribution in [0.4, 0.5) is 0 Å². The molecule has 66 valence electrons. The van der Waals surface area contributed by atoms with Crippen LogP contribution in [-0.4, -0.2) is 17.7 Å². The number of nitrogens with one attached hydrogen (secondary N) is 1. The summed E-state index contributed by atoms with van der Waals surface area (Å²) in [6, 6.07) is 4.26. The molecule has 1 aromatic rings. The van der Waals surface area contributed by atoms with Crippen LogP contribution in [-0.2, 0) is 0 Å². The molecule has 1 unspecified atom stereocenters. The van der Waals surface area contributed by atoms with E-state index in [4.69, 9.17) is 0 Å². The zero-order valence-electron chi connectivity index (χ0n) is 6.86. The first kappa shape index (κ1) is 8.23. The summed E-state index contributed by atoms with van der Waals surface area (Å²) in [7, 11) is 0. The molecule has 0 bridgehead atoms. The third-order valence-corrected chi connectivity index (χ3v) is 3.26. The van der Waals surface area contributed by atoms with E-state index in [9.17, 15) is 5.11 Å². The van der Waals surface area contributed by atoms with Crippen LogP contribution < -0.4 is 5.32 Å². The lowest BCUT2D eigenvalue weighted by Gasteiger charge is -2.16. The van der Waals surface area contributed by atoms with Gasteiger partial charge in [-0.2, -0.15) is 0 Å². The molecule has 1 aliphatic rings. The topological polar surface area (TPSA) is 32.3 Å². The molecular formula is C9H13NOS. The second-order valence-electron chi connectivity index (χ2n) is 3.16. The molecule has 0 radical (unpaired) electrons. The molecule has 0 spiro atoms. The van der Waals surface area contributed by atoms with E-state index < -0.39 is 0 Å². The van der Waals surface area contributed by atoms with Gasteiger partial charge in [-0.05, 0) is 30.8 Å². The van der Waals surface area contributed by atoms with Crippen molar-refractivity contribution in [1.82, 2.24) is 5.32 Å². The van der Waals surface area contributed by atoms with E-state index >= 15 is 0 Å². The summed E-state index contributed by atoms with van der Waals surface area (Å²) < 4.78 is 0. The van der Waals surface area contributed by atoms with Crippen LogP contribution in [0.15, 0.2) is 17.5 Å². The van der Waals surface area contributed by atoms with Crippen molar-refractivity contribution in [3.63, 3.8) is 0 Å². The average Bonchev–Trinajstić information content (AvgIpc) is 2.77. The largest absolute Gasteiger partial charge is 0.386 e. The maximum Gasteiger partial charge on any atom is 0.103 e. The van der Waals surface area contributed by atoms with Crippen LogP contribution in [0.1, 0.15) is 23.8 Å². The highest BCUT2D eigenvalue weighted by atomic mass is 32.1. The highest BCUT2D eigenvalue weighted by Gasteiger charge is 2.24. The molecule has 2 N–H and O–H groups in total. The molecule has 0 aliphatic carbocycles. The summed E-state index contributed by atoms with van der Waals surface area (Å²) in [5.74, 6) is 0. The first-order chi connectivity index (χ1) is 5.88. The van der Waals surface area contributed by atoms with Crippen molar-refractivity contribution in [2.24, 2.45) is 0 Å². The second-order valence-corrected chi connectivity index (χ2v) is 4.14. The lowest BCUT2D eigenvalue weighted by atomic mass is 10.1. The van der Waals surface area contributed by atoms with Crippen molar-refractivity contribution in [3.05, 3.63) is 22.4 Å². The highest BCUT2D eigenvalue weighted by molar-refractivity contribution is 7.10. The van der Waals surface area contributed by atoms with Crippen molar-refractivity contribution >= 4 is 11.3 Å². The van der Waals surface area contributed by atoms with Crippen molar-refractivity contribution in [1.29, 1.82) is 0 Å². The van der Waals surface area contributed by atoms with Gasteiger partial charge in [0.25, 0.3) is 0 Å². The van der Waals surface area contributed by atoms with E-state index in [1.165, 1.54) is 6.42 Å². The first-order valence-corrected chi connectivity index (χ1v) is 5.21. The van der Waals surface area contributed by atoms with Crippen LogP contribution in [0, 0.1) is 0 Å². The molecular weight excluding hydrogens is 170 g/mol. The van der Waals surface area contributed by atoms with Crippen LogP contribution in [0.2, 0.25) is 0 Å². The normalized spacial score (nSPS) is 25.9. The monoisotopic (exact) mass is 183 g/mol. The van der Waals surface area contributed by atoms with Gasteiger partial charge >= 0.3 is 0 Å². The Balaban J connectivity index is 2.04. The summed E-state index contributed by atoms with van der Waals surface area (Å²) in [5.41, 5.74) is 0. The number of aliphatic hydroxyl groups is 1. The summed E-state index contributed by atoms with van der Waals surface area (Å²) in [6.07, 6.45) is 1.99. The van der Waals surface area contributed by atoms with E-state index in [0.717, 1.165) is 17.8 Å². The molecule has 2 atom stereocenters. The number of thiophene rings is 1. The fourth-order valence-corrected chi connectivity index (χ4v) is 2.41. The van der Waals surface area contributed by atoms with Gasteiger partial charge in [0.1, 0.15) is 6.10 Å². The highest BCUT2D eigenvalue weighted by Crippen LogP contribution is 2.25. The molecule has 0 aromatic carbocycles. The van der Waals surface area contributed by atoms with Gasteiger partial charge in [0.05, 0.1) is 0 Å². The minimum atomic E-state index is -0.299. The van der Waals surface area contributed by atoms with E-state index in [1.54, 1.807) is 11.3 Å². The number of hydrogen-bond donors (Lipinski definition) is 2. The maximum absolute atomic E-state index is 9.86. The van der Waals surface area contributed by atoms with Gasteiger partial charge in [0, 0.05) is 10.9 Å². The van der Waals surface area contributed by atoms with E-state index in [0.29, 0.717) is 0 Å². The molecule has 0 saturated carbocycles. The van der Waals surface area contributed by atoms with E-state index in [-0.39, 0.29) is 12.1 Å². The molecule has 1 fully saturated rings. The zero-order valence-corrected chi connectivity index (χ0v) is 7.68. The molecule has 2 rings (SSSR count). The Morgan fingerprint density at radius 3 is 3.17 bits per heavy atom. The summed E-state index contributed by atoms with van der Waals surface area (Å²) in [5, 5.41) is 15.2. The number of rotatable bonds is 2.